The van der Waals surface area contributed by atoms with Gasteiger partial charge in [-0.25, -0.2) is 0 Å². The quantitative estimate of drug-likeness (QED) is 0.336. The first-order valence-electron chi connectivity index (χ1n) is 4.49. The third kappa shape index (κ3) is 2.12. The Morgan fingerprint density at radius 3 is 2.42 bits per heavy atom. The Morgan fingerprint density at radius 1 is 1.17 bits per heavy atom. The molecule has 0 radical (unpaired) electrons. The normalized spacial score (nSPS) is 29.8. The molecule has 1 fully saturated rings. The van der Waals surface area contributed by atoms with Gasteiger partial charge in [0.25, 0.3) is 0 Å². The van der Waals surface area contributed by atoms with Crippen molar-refractivity contribution in [2.24, 2.45) is 0 Å². The molecular weight excluding hydrogens is 267 g/mol. The number of rotatable bonds is 2. The molecule has 72 valence electrons. The second-order valence-corrected chi connectivity index (χ2v) is 4.79. The first-order valence-corrected chi connectivity index (χ1v) is 5.74. The molecular formula is C9H17IO2. The molecule has 0 spiro atoms. The molecule has 1 aliphatic rings. The average molecular weight is 284 g/mol. The topological polar surface area (TPSA) is 18.5 Å². The maximum Gasteiger partial charge on any atom is 0.179 e. The summed E-state index contributed by atoms with van der Waals surface area (Å²) >= 11 is 2.45. The summed E-state index contributed by atoms with van der Waals surface area (Å²) in [6, 6.07) is 0. The molecule has 0 amide bonds. The Labute approximate surface area is 88.1 Å². The standard InChI is InChI=1S/C9H17IO2/c1-11-9(12-2)7-5-3-4-6-8(9)10/h8H,3-7H2,1-2H3. The highest BCUT2D eigenvalue weighted by Gasteiger charge is 2.38. The number of hydrogen-bond donors (Lipinski definition) is 0. The number of ether oxygens (including phenoxy) is 2. The zero-order valence-electron chi connectivity index (χ0n) is 7.81. The summed E-state index contributed by atoms with van der Waals surface area (Å²) in [6.07, 6.45) is 6.09. The fourth-order valence-corrected chi connectivity index (χ4v) is 3.05. The molecule has 0 heterocycles. The van der Waals surface area contributed by atoms with Crippen molar-refractivity contribution in [2.75, 3.05) is 14.2 Å². The van der Waals surface area contributed by atoms with E-state index in [1.165, 1.54) is 25.7 Å². The molecule has 1 rings (SSSR count). The van der Waals surface area contributed by atoms with Crippen molar-refractivity contribution in [1.29, 1.82) is 0 Å². The number of hydrogen-bond acceptors (Lipinski definition) is 2. The fraction of sp³-hybridized carbons (Fsp3) is 1.00. The van der Waals surface area contributed by atoms with Crippen LogP contribution in [0.5, 0.6) is 0 Å². The van der Waals surface area contributed by atoms with Gasteiger partial charge in [0.2, 0.25) is 0 Å². The van der Waals surface area contributed by atoms with Gasteiger partial charge in [0, 0.05) is 20.6 Å². The summed E-state index contributed by atoms with van der Waals surface area (Å²) < 4.78 is 11.5. The van der Waals surface area contributed by atoms with Crippen LogP contribution < -0.4 is 0 Å². The minimum Gasteiger partial charge on any atom is -0.352 e. The second-order valence-electron chi connectivity index (χ2n) is 3.29. The van der Waals surface area contributed by atoms with Crippen LogP contribution in [0.15, 0.2) is 0 Å². The molecule has 0 aliphatic heterocycles. The molecule has 1 unspecified atom stereocenters. The van der Waals surface area contributed by atoms with Crippen molar-refractivity contribution in [2.45, 2.75) is 41.8 Å². The Kier molecular flexibility index (Phi) is 4.26. The summed E-state index contributed by atoms with van der Waals surface area (Å²) in [5.74, 6) is -0.308. The zero-order valence-corrected chi connectivity index (χ0v) is 9.96. The lowest BCUT2D eigenvalue weighted by Crippen LogP contribution is -2.41. The first-order chi connectivity index (χ1) is 5.75. The maximum atomic E-state index is 5.49. The van der Waals surface area contributed by atoms with Gasteiger partial charge in [0.1, 0.15) is 0 Å². The van der Waals surface area contributed by atoms with Crippen molar-refractivity contribution in [3.63, 3.8) is 0 Å². The molecule has 12 heavy (non-hydrogen) atoms. The molecule has 2 nitrogen and oxygen atoms in total. The summed E-state index contributed by atoms with van der Waals surface area (Å²) in [5, 5.41) is 0. The molecule has 1 atom stereocenters. The molecule has 3 heteroatoms. The van der Waals surface area contributed by atoms with E-state index in [9.17, 15) is 0 Å². The van der Waals surface area contributed by atoms with Crippen LogP contribution >= 0.6 is 22.6 Å². The van der Waals surface area contributed by atoms with Gasteiger partial charge in [0.15, 0.2) is 5.79 Å². The lowest BCUT2D eigenvalue weighted by Gasteiger charge is -2.33. The van der Waals surface area contributed by atoms with Crippen LogP contribution in [0.1, 0.15) is 32.1 Å². The Morgan fingerprint density at radius 2 is 1.83 bits per heavy atom. The van der Waals surface area contributed by atoms with Crippen molar-refractivity contribution in [3.05, 3.63) is 0 Å². The number of methoxy groups -OCH3 is 2. The predicted octanol–water partition coefficient (Wildman–Crippen LogP) is 2.74. The Bertz CT molecular complexity index is 134. The summed E-state index contributed by atoms with van der Waals surface area (Å²) in [6.45, 7) is 0. The number of halogens is 1. The van der Waals surface area contributed by atoms with E-state index in [4.69, 9.17) is 9.47 Å². The smallest absolute Gasteiger partial charge is 0.179 e. The largest absolute Gasteiger partial charge is 0.352 e. The zero-order chi connectivity index (χ0) is 9.03. The summed E-state index contributed by atoms with van der Waals surface area (Å²) in [5.41, 5.74) is 0. The minimum absolute atomic E-state index is 0.308. The highest BCUT2D eigenvalue weighted by atomic mass is 127. The minimum atomic E-state index is -0.308. The third-order valence-electron chi connectivity index (χ3n) is 2.65. The van der Waals surface area contributed by atoms with Crippen LogP contribution in [0.3, 0.4) is 0 Å². The average Bonchev–Trinajstić information content (AvgIpc) is 2.28. The van der Waals surface area contributed by atoms with Crippen molar-refractivity contribution < 1.29 is 9.47 Å². The highest BCUT2D eigenvalue weighted by Crippen LogP contribution is 2.35. The molecule has 0 aromatic rings. The summed E-state index contributed by atoms with van der Waals surface area (Å²) in [7, 11) is 3.50. The predicted molar refractivity (Wildman–Crippen MR) is 57.6 cm³/mol. The van der Waals surface area contributed by atoms with Gasteiger partial charge < -0.3 is 9.47 Å². The molecule has 0 aromatic heterocycles. The lowest BCUT2D eigenvalue weighted by atomic mass is 10.1. The van der Waals surface area contributed by atoms with Crippen LogP contribution in [-0.4, -0.2) is 23.9 Å². The molecule has 0 aromatic carbocycles. The van der Waals surface area contributed by atoms with E-state index in [0.717, 1.165) is 6.42 Å². The van der Waals surface area contributed by atoms with Gasteiger partial charge in [-0.2, -0.15) is 0 Å². The highest BCUT2D eigenvalue weighted by molar-refractivity contribution is 14.1. The monoisotopic (exact) mass is 284 g/mol. The van der Waals surface area contributed by atoms with Crippen LogP contribution in [-0.2, 0) is 9.47 Å². The molecule has 0 N–H and O–H groups in total. The van der Waals surface area contributed by atoms with Gasteiger partial charge in [-0.1, -0.05) is 35.4 Å². The fourth-order valence-electron chi connectivity index (χ4n) is 1.79. The third-order valence-corrected chi connectivity index (χ3v) is 4.22. The first kappa shape index (κ1) is 10.7. The summed E-state index contributed by atoms with van der Waals surface area (Å²) in [4.78, 5) is 0. The second kappa shape index (κ2) is 4.77. The van der Waals surface area contributed by atoms with Crippen LogP contribution in [0.2, 0.25) is 0 Å². The number of alkyl halides is 1. The van der Waals surface area contributed by atoms with Gasteiger partial charge in [-0.3, -0.25) is 0 Å². The van der Waals surface area contributed by atoms with E-state index in [1.54, 1.807) is 14.2 Å². The van der Waals surface area contributed by atoms with Crippen molar-refractivity contribution >= 4 is 22.6 Å². The van der Waals surface area contributed by atoms with E-state index < -0.39 is 0 Å². The van der Waals surface area contributed by atoms with Crippen LogP contribution in [0.25, 0.3) is 0 Å². The van der Waals surface area contributed by atoms with E-state index >= 15 is 0 Å². The molecule has 0 saturated heterocycles. The maximum absolute atomic E-state index is 5.49. The van der Waals surface area contributed by atoms with E-state index in [1.807, 2.05) is 0 Å². The molecule has 1 saturated carbocycles. The Balaban J connectivity index is 2.66. The van der Waals surface area contributed by atoms with E-state index in [0.29, 0.717) is 3.92 Å². The molecule has 1 aliphatic carbocycles. The van der Waals surface area contributed by atoms with Crippen LogP contribution in [0, 0.1) is 0 Å². The van der Waals surface area contributed by atoms with Crippen LogP contribution in [0.4, 0.5) is 0 Å². The van der Waals surface area contributed by atoms with Gasteiger partial charge in [-0.05, 0) is 12.8 Å². The van der Waals surface area contributed by atoms with E-state index in [2.05, 4.69) is 22.6 Å². The van der Waals surface area contributed by atoms with E-state index in [-0.39, 0.29) is 5.79 Å². The van der Waals surface area contributed by atoms with Gasteiger partial charge in [-0.15, -0.1) is 0 Å². The lowest BCUT2D eigenvalue weighted by molar-refractivity contribution is -0.206. The SMILES string of the molecule is COC1(OC)CCCCCC1I. The van der Waals surface area contributed by atoms with Crippen molar-refractivity contribution in [1.82, 2.24) is 0 Å². The van der Waals surface area contributed by atoms with Gasteiger partial charge in [0.05, 0.1) is 3.92 Å². The Hall–Kier alpha value is 0.650. The van der Waals surface area contributed by atoms with Crippen molar-refractivity contribution in [3.8, 4) is 0 Å². The molecule has 0 bridgehead atoms. The van der Waals surface area contributed by atoms with Gasteiger partial charge >= 0.3 is 0 Å².